The predicted molar refractivity (Wildman–Crippen MR) is 111 cm³/mol. The minimum absolute atomic E-state index is 0.0356. The first-order chi connectivity index (χ1) is 13.9. The van der Waals surface area contributed by atoms with Crippen LogP contribution in [-0.2, 0) is 26.2 Å². The summed E-state index contributed by atoms with van der Waals surface area (Å²) in [5, 5.41) is 12.6. The monoisotopic (exact) mass is 396 g/mol. The highest BCUT2D eigenvalue weighted by molar-refractivity contribution is 5.86. The topological polar surface area (TPSA) is 86.7 Å². The van der Waals surface area contributed by atoms with Crippen molar-refractivity contribution in [3.05, 3.63) is 71.8 Å². The maximum absolute atomic E-state index is 12.5. The molecule has 0 spiro atoms. The maximum atomic E-state index is 12.5. The summed E-state index contributed by atoms with van der Waals surface area (Å²) in [5.74, 6) is -1.55. The van der Waals surface area contributed by atoms with E-state index in [1.165, 1.54) is 11.8 Å². The molecule has 0 fully saturated rings. The number of carbonyl (C=O) groups is 3. The quantitative estimate of drug-likeness (QED) is 0.646. The van der Waals surface area contributed by atoms with Gasteiger partial charge in [0.05, 0.1) is 6.54 Å². The van der Waals surface area contributed by atoms with Crippen LogP contribution in [0.5, 0.6) is 0 Å². The van der Waals surface area contributed by atoms with E-state index in [1.54, 1.807) is 31.2 Å². The minimum Gasteiger partial charge on any atom is -0.481 e. The van der Waals surface area contributed by atoms with E-state index in [-0.39, 0.29) is 24.9 Å². The SMILES string of the molecule is CCC(CNC(=O)CN(CCc1ccccc1)C(C)=O)(C(=O)O)c1ccccc1. The van der Waals surface area contributed by atoms with Crippen molar-refractivity contribution < 1.29 is 19.5 Å². The molecule has 6 heteroatoms. The second kappa shape index (κ2) is 10.4. The van der Waals surface area contributed by atoms with Crippen molar-refractivity contribution in [2.45, 2.75) is 32.1 Å². The van der Waals surface area contributed by atoms with Crippen molar-refractivity contribution in [2.75, 3.05) is 19.6 Å². The minimum atomic E-state index is -1.21. The van der Waals surface area contributed by atoms with Gasteiger partial charge in [-0.3, -0.25) is 14.4 Å². The van der Waals surface area contributed by atoms with Gasteiger partial charge in [0.25, 0.3) is 0 Å². The third kappa shape index (κ3) is 5.91. The van der Waals surface area contributed by atoms with E-state index in [9.17, 15) is 19.5 Å². The number of hydrogen-bond donors (Lipinski definition) is 2. The fraction of sp³-hybridized carbons (Fsp3) is 0.348. The molecule has 1 unspecified atom stereocenters. The Morgan fingerprint density at radius 1 is 1.00 bits per heavy atom. The van der Waals surface area contributed by atoms with Gasteiger partial charge in [-0.15, -0.1) is 0 Å². The Labute approximate surface area is 171 Å². The number of carboxylic acid groups (broad SMARTS) is 1. The Morgan fingerprint density at radius 3 is 2.10 bits per heavy atom. The summed E-state index contributed by atoms with van der Waals surface area (Å²) in [6.45, 7) is 3.50. The molecule has 0 aliphatic rings. The van der Waals surface area contributed by atoms with Crippen LogP contribution >= 0.6 is 0 Å². The van der Waals surface area contributed by atoms with Gasteiger partial charge in [0.1, 0.15) is 5.41 Å². The number of nitrogens with one attached hydrogen (secondary N) is 1. The lowest BCUT2D eigenvalue weighted by Crippen LogP contribution is -2.49. The molecule has 6 nitrogen and oxygen atoms in total. The van der Waals surface area contributed by atoms with Crippen molar-refractivity contribution in [1.82, 2.24) is 10.2 Å². The second-order valence-electron chi connectivity index (χ2n) is 7.06. The maximum Gasteiger partial charge on any atom is 0.315 e. The van der Waals surface area contributed by atoms with Gasteiger partial charge in [-0.05, 0) is 24.0 Å². The van der Waals surface area contributed by atoms with E-state index >= 15 is 0 Å². The highest BCUT2D eigenvalue weighted by atomic mass is 16.4. The number of nitrogens with zero attached hydrogens (tertiary/aromatic N) is 1. The van der Waals surface area contributed by atoms with E-state index in [1.807, 2.05) is 36.4 Å². The second-order valence-corrected chi connectivity index (χ2v) is 7.06. The molecule has 2 aromatic rings. The fourth-order valence-corrected chi connectivity index (χ4v) is 3.27. The first-order valence-electron chi connectivity index (χ1n) is 9.74. The Kier molecular flexibility index (Phi) is 7.95. The van der Waals surface area contributed by atoms with Crippen LogP contribution < -0.4 is 5.32 Å². The third-order valence-corrected chi connectivity index (χ3v) is 5.22. The molecule has 2 N–H and O–H groups in total. The van der Waals surface area contributed by atoms with Gasteiger partial charge in [0.2, 0.25) is 11.8 Å². The highest BCUT2D eigenvalue weighted by Gasteiger charge is 2.39. The van der Waals surface area contributed by atoms with Crippen LogP contribution in [0.3, 0.4) is 0 Å². The number of amides is 2. The lowest BCUT2D eigenvalue weighted by molar-refractivity contribution is -0.144. The molecule has 0 radical (unpaired) electrons. The van der Waals surface area contributed by atoms with Gasteiger partial charge >= 0.3 is 5.97 Å². The van der Waals surface area contributed by atoms with E-state index in [0.29, 0.717) is 24.9 Å². The number of rotatable bonds is 10. The lowest BCUT2D eigenvalue weighted by atomic mass is 9.78. The van der Waals surface area contributed by atoms with Crippen LogP contribution in [-0.4, -0.2) is 47.4 Å². The van der Waals surface area contributed by atoms with Crippen molar-refractivity contribution in [3.63, 3.8) is 0 Å². The summed E-state index contributed by atoms with van der Waals surface area (Å²) in [6, 6.07) is 18.6. The first kappa shape index (κ1) is 22.1. The van der Waals surface area contributed by atoms with E-state index in [0.717, 1.165) is 5.56 Å². The average Bonchev–Trinajstić information content (AvgIpc) is 2.73. The van der Waals surface area contributed by atoms with Gasteiger partial charge in [0, 0.05) is 20.0 Å². The third-order valence-electron chi connectivity index (χ3n) is 5.22. The van der Waals surface area contributed by atoms with Crippen molar-refractivity contribution in [2.24, 2.45) is 0 Å². The molecule has 2 rings (SSSR count). The van der Waals surface area contributed by atoms with Gasteiger partial charge in [0.15, 0.2) is 0 Å². The smallest absolute Gasteiger partial charge is 0.315 e. The molecular formula is C23H28N2O4. The van der Waals surface area contributed by atoms with Crippen molar-refractivity contribution in [3.8, 4) is 0 Å². The molecule has 0 saturated heterocycles. The molecule has 154 valence electrons. The Morgan fingerprint density at radius 2 is 1.59 bits per heavy atom. The zero-order chi connectivity index (χ0) is 21.3. The van der Waals surface area contributed by atoms with E-state index in [4.69, 9.17) is 0 Å². The Balaban J connectivity index is 2.01. The van der Waals surface area contributed by atoms with Crippen LogP contribution in [0.15, 0.2) is 60.7 Å². The molecule has 29 heavy (non-hydrogen) atoms. The zero-order valence-corrected chi connectivity index (χ0v) is 16.9. The Bertz CT molecular complexity index is 823. The van der Waals surface area contributed by atoms with Gasteiger partial charge in [-0.1, -0.05) is 67.6 Å². The summed E-state index contributed by atoms with van der Waals surface area (Å²) in [5.41, 5.74) is 0.518. The summed E-state index contributed by atoms with van der Waals surface area (Å²) in [4.78, 5) is 37.9. The molecule has 2 amide bonds. The number of aliphatic carboxylic acids is 1. The van der Waals surface area contributed by atoms with E-state index in [2.05, 4.69) is 5.32 Å². The molecule has 0 aliphatic heterocycles. The average molecular weight is 396 g/mol. The van der Waals surface area contributed by atoms with Gasteiger partial charge in [-0.2, -0.15) is 0 Å². The molecule has 0 aliphatic carbocycles. The zero-order valence-electron chi connectivity index (χ0n) is 16.9. The lowest BCUT2D eigenvalue weighted by Gasteiger charge is -2.29. The first-order valence-corrected chi connectivity index (χ1v) is 9.74. The largest absolute Gasteiger partial charge is 0.481 e. The molecular weight excluding hydrogens is 368 g/mol. The molecule has 0 heterocycles. The molecule has 0 bridgehead atoms. The number of hydrogen-bond acceptors (Lipinski definition) is 3. The van der Waals surface area contributed by atoms with Crippen molar-refractivity contribution in [1.29, 1.82) is 0 Å². The van der Waals surface area contributed by atoms with Crippen LogP contribution in [0.4, 0.5) is 0 Å². The molecule has 2 aromatic carbocycles. The fourth-order valence-electron chi connectivity index (χ4n) is 3.27. The van der Waals surface area contributed by atoms with Crippen molar-refractivity contribution >= 4 is 17.8 Å². The van der Waals surface area contributed by atoms with Crippen LogP contribution in [0.1, 0.15) is 31.4 Å². The summed E-state index contributed by atoms with van der Waals surface area (Å²) in [7, 11) is 0. The number of carbonyl (C=O) groups excluding carboxylic acids is 2. The van der Waals surface area contributed by atoms with Crippen LogP contribution in [0.2, 0.25) is 0 Å². The summed E-state index contributed by atoms with van der Waals surface area (Å²) in [6.07, 6.45) is 0.975. The highest BCUT2D eigenvalue weighted by Crippen LogP contribution is 2.27. The number of carboxylic acids is 1. The summed E-state index contributed by atoms with van der Waals surface area (Å²) < 4.78 is 0. The summed E-state index contributed by atoms with van der Waals surface area (Å²) >= 11 is 0. The van der Waals surface area contributed by atoms with Gasteiger partial charge < -0.3 is 15.3 Å². The van der Waals surface area contributed by atoms with Crippen LogP contribution in [0, 0.1) is 0 Å². The predicted octanol–water partition coefficient (Wildman–Crippen LogP) is 2.63. The Hall–Kier alpha value is -3.15. The van der Waals surface area contributed by atoms with Gasteiger partial charge in [-0.25, -0.2) is 0 Å². The molecule has 1 atom stereocenters. The molecule has 0 aromatic heterocycles. The molecule has 0 saturated carbocycles. The van der Waals surface area contributed by atoms with E-state index < -0.39 is 11.4 Å². The van der Waals surface area contributed by atoms with Crippen LogP contribution in [0.25, 0.3) is 0 Å². The standard InChI is InChI=1S/C23H28N2O4/c1-3-23(22(28)29,20-12-8-5-9-13-20)17-24-21(27)16-25(18(2)26)15-14-19-10-6-4-7-11-19/h4-13H,3,14-17H2,1-2H3,(H,24,27)(H,28,29). The number of benzene rings is 2. The normalized spacial score (nSPS) is 12.6.